The van der Waals surface area contributed by atoms with E-state index in [1.807, 2.05) is 66.3 Å². The van der Waals surface area contributed by atoms with Gasteiger partial charge in [0.2, 0.25) is 0 Å². The Bertz CT molecular complexity index is 974. The number of carbonyl (C=O) groups is 2. The first-order valence-corrected chi connectivity index (χ1v) is 11.4. The van der Waals surface area contributed by atoms with Crippen LogP contribution in [-0.4, -0.2) is 50.9 Å². The first-order valence-electron chi connectivity index (χ1n) is 9.57. The number of esters is 1. The third kappa shape index (κ3) is 5.28. The van der Waals surface area contributed by atoms with Crippen molar-refractivity contribution >= 4 is 35.0 Å². The average Bonchev–Trinajstić information content (AvgIpc) is 3.44. The van der Waals surface area contributed by atoms with Crippen LogP contribution in [0.2, 0.25) is 0 Å². The molecule has 0 bridgehead atoms. The summed E-state index contributed by atoms with van der Waals surface area (Å²) in [5.74, 6) is 0.141. The molecule has 30 heavy (non-hydrogen) atoms. The van der Waals surface area contributed by atoms with Gasteiger partial charge in [-0.25, -0.2) is 0 Å². The molecule has 7 nitrogen and oxygen atoms in total. The van der Waals surface area contributed by atoms with Crippen molar-refractivity contribution in [3.05, 3.63) is 53.4 Å². The predicted molar refractivity (Wildman–Crippen MR) is 118 cm³/mol. The van der Waals surface area contributed by atoms with Crippen molar-refractivity contribution in [2.45, 2.75) is 31.6 Å². The monoisotopic (exact) mass is 444 g/mol. The highest BCUT2D eigenvalue weighted by Gasteiger charge is 2.20. The molecule has 158 valence electrons. The van der Waals surface area contributed by atoms with E-state index in [4.69, 9.17) is 4.74 Å². The molecule has 1 unspecified atom stereocenters. The van der Waals surface area contributed by atoms with Crippen LogP contribution in [0, 0.1) is 0 Å². The lowest BCUT2D eigenvalue weighted by Gasteiger charge is -2.25. The SMILES string of the molecule is CCn1c(SCC(=O)OCC(=O)N(C)C(C)c2ccccc2)nnc1-c1cccs1. The topological polar surface area (TPSA) is 77.3 Å². The summed E-state index contributed by atoms with van der Waals surface area (Å²) < 4.78 is 7.14. The second-order valence-electron chi connectivity index (χ2n) is 6.57. The first kappa shape index (κ1) is 22.0. The van der Waals surface area contributed by atoms with Gasteiger partial charge in [0.05, 0.1) is 16.7 Å². The van der Waals surface area contributed by atoms with Gasteiger partial charge >= 0.3 is 5.97 Å². The molecule has 3 rings (SSSR count). The molecule has 0 aliphatic heterocycles. The van der Waals surface area contributed by atoms with Crippen molar-refractivity contribution in [2.75, 3.05) is 19.4 Å². The van der Waals surface area contributed by atoms with Gasteiger partial charge in [-0.3, -0.25) is 9.59 Å². The van der Waals surface area contributed by atoms with Crippen LogP contribution in [0.25, 0.3) is 10.7 Å². The normalized spacial score (nSPS) is 11.8. The number of hydrogen-bond donors (Lipinski definition) is 0. The highest BCUT2D eigenvalue weighted by molar-refractivity contribution is 7.99. The fourth-order valence-corrected chi connectivity index (χ4v) is 4.37. The second kappa shape index (κ2) is 10.4. The highest BCUT2D eigenvalue weighted by atomic mass is 32.2. The Labute approximate surface area is 184 Å². The van der Waals surface area contributed by atoms with Crippen LogP contribution >= 0.6 is 23.1 Å². The average molecular weight is 445 g/mol. The summed E-state index contributed by atoms with van der Waals surface area (Å²) in [4.78, 5) is 27.1. The van der Waals surface area contributed by atoms with Crippen molar-refractivity contribution in [2.24, 2.45) is 0 Å². The summed E-state index contributed by atoms with van der Waals surface area (Å²) in [6, 6.07) is 13.6. The number of likely N-dealkylation sites (N-methyl/N-ethyl adjacent to an activating group) is 1. The van der Waals surface area contributed by atoms with E-state index in [9.17, 15) is 9.59 Å². The Morgan fingerprint density at radius 3 is 2.63 bits per heavy atom. The minimum atomic E-state index is -0.461. The van der Waals surface area contributed by atoms with Crippen molar-refractivity contribution in [3.63, 3.8) is 0 Å². The van der Waals surface area contributed by atoms with Gasteiger partial charge in [0.25, 0.3) is 5.91 Å². The predicted octanol–water partition coefficient (Wildman–Crippen LogP) is 3.88. The van der Waals surface area contributed by atoms with Crippen molar-refractivity contribution < 1.29 is 14.3 Å². The summed E-state index contributed by atoms with van der Waals surface area (Å²) in [6.07, 6.45) is 0. The van der Waals surface area contributed by atoms with E-state index in [0.29, 0.717) is 11.7 Å². The molecule has 9 heteroatoms. The molecule has 0 fully saturated rings. The van der Waals surface area contributed by atoms with E-state index in [0.717, 1.165) is 16.3 Å². The van der Waals surface area contributed by atoms with Crippen LogP contribution < -0.4 is 0 Å². The molecule has 2 heterocycles. The molecule has 0 saturated carbocycles. The minimum Gasteiger partial charge on any atom is -0.455 e. The van der Waals surface area contributed by atoms with E-state index in [-0.39, 0.29) is 24.3 Å². The first-order chi connectivity index (χ1) is 14.5. The lowest BCUT2D eigenvalue weighted by Crippen LogP contribution is -2.33. The lowest BCUT2D eigenvalue weighted by atomic mass is 10.1. The minimum absolute atomic E-state index is 0.0633. The molecular formula is C21H24N4O3S2. The van der Waals surface area contributed by atoms with Crippen LogP contribution in [0.5, 0.6) is 0 Å². The van der Waals surface area contributed by atoms with Crippen LogP contribution in [0.4, 0.5) is 0 Å². The summed E-state index contributed by atoms with van der Waals surface area (Å²) >= 11 is 2.85. The molecule has 2 aromatic heterocycles. The lowest BCUT2D eigenvalue weighted by molar-refractivity contribution is -0.150. The van der Waals surface area contributed by atoms with Crippen LogP contribution in [0.1, 0.15) is 25.5 Å². The van der Waals surface area contributed by atoms with Crippen molar-refractivity contribution in [3.8, 4) is 10.7 Å². The van der Waals surface area contributed by atoms with Gasteiger partial charge in [-0.2, -0.15) is 0 Å². The van der Waals surface area contributed by atoms with Gasteiger partial charge in [-0.05, 0) is 30.9 Å². The zero-order valence-electron chi connectivity index (χ0n) is 17.1. The number of thioether (sulfide) groups is 1. The van der Waals surface area contributed by atoms with E-state index in [1.54, 1.807) is 23.3 Å². The van der Waals surface area contributed by atoms with E-state index in [1.165, 1.54) is 11.8 Å². The number of ether oxygens (including phenoxy) is 1. The van der Waals surface area contributed by atoms with Gasteiger partial charge in [-0.1, -0.05) is 48.2 Å². The third-order valence-corrected chi connectivity index (χ3v) is 6.51. The summed E-state index contributed by atoms with van der Waals surface area (Å²) in [5.41, 5.74) is 1.02. The Morgan fingerprint density at radius 2 is 1.97 bits per heavy atom. The number of amides is 1. The van der Waals surface area contributed by atoms with Gasteiger partial charge in [0, 0.05) is 13.6 Å². The van der Waals surface area contributed by atoms with E-state index in [2.05, 4.69) is 10.2 Å². The Balaban J connectivity index is 1.50. The number of rotatable bonds is 9. The van der Waals surface area contributed by atoms with Crippen LogP contribution in [0.3, 0.4) is 0 Å². The highest BCUT2D eigenvalue weighted by Crippen LogP contribution is 2.27. The number of thiophene rings is 1. The molecule has 3 aromatic rings. The van der Waals surface area contributed by atoms with Gasteiger partial charge < -0.3 is 14.2 Å². The number of aromatic nitrogens is 3. The molecule has 0 N–H and O–H groups in total. The van der Waals surface area contributed by atoms with Gasteiger partial charge in [0.1, 0.15) is 0 Å². The van der Waals surface area contributed by atoms with E-state index >= 15 is 0 Å². The molecule has 1 aromatic carbocycles. The quantitative estimate of drug-likeness (QED) is 0.368. The molecule has 0 aliphatic rings. The number of carbonyl (C=O) groups excluding carboxylic acids is 2. The van der Waals surface area contributed by atoms with E-state index < -0.39 is 5.97 Å². The summed E-state index contributed by atoms with van der Waals surface area (Å²) in [7, 11) is 1.71. The van der Waals surface area contributed by atoms with Gasteiger partial charge in [-0.15, -0.1) is 21.5 Å². The summed E-state index contributed by atoms with van der Waals surface area (Å²) in [5, 5.41) is 11.1. The molecule has 0 radical (unpaired) electrons. The Hall–Kier alpha value is -2.65. The molecular weight excluding hydrogens is 420 g/mol. The molecule has 1 amide bonds. The Kier molecular flexibility index (Phi) is 7.64. The molecule has 0 aliphatic carbocycles. The fourth-order valence-electron chi connectivity index (χ4n) is 2.85. The second-order valence-corrected chi connectivity index (χ2v) is 8.46. The maximum Gasteiger partial charge on any atom is 0.316 e. The number of nitrogens with zero attached hydrogens (tertiary/aromatic N) is 4. The smallest absolute Gasteiger partial charge is 0.316 e. The van der Waals surface area contributed by atoms with Crippen molar-refractivity contribution in [1.82, 2.24) is 19.7 Å². The zero-order chi connectivity index (χ0) is 21.5. The Morgan fingerprint density at radius 1 is 1.20 bits per heavy atom. The van der Waals surface area contributed by atoms with Crippen molar-refractivity contribution in [1.29, 1.82) is 0 Å². The van der Waals surface area contributed by atoms with Crippen LogP contribution in [-0.2, 0) is 20.9 Å². The number of benzene rings is 1. The zero-order valence-corrected chi connectivity index (χ0v) is 18.8. The third-order valence-electron chi connectivity index (χ3n) is 4.71. The molecule has 0 spiro atoms. The molecule has 0 saturated heterocycles. The number of hydrogen-bond acceptors (Lipinski definition) is 7. The van der Waals surface area contributed by atoms with Crippen LogP contribution in [0.15, 0.2) is 53.0 Å². The maximum absolute atomic E-state index is 12.4. The summed E-state index contributed by atoms with van der Waals surface area (Å²) in [6.45, 7) is 4.35. The largest absolute Gasteiger partial charge is 0.455 e. The van der Waals surface area contributed by atoms with Gasteiger partial charge in [0.15, 0.2) is 17.6 Å². The maximum atomic E-state index is 12.4. The standard InChI is InChI=1S/C21H24N4O3S2/c1-4-25-20(17-11-8-12-29-17)22-23-21(25)30-14-19(27)28-13-18(26)24(3)15(2)16-9-6-5-7-10-16/h5-12,15H,4,13-14H2,1-3H3. The fraction of sp³-hybridized carbons (Fsp3) is 0.333. The molecule has 1 atom stereocenters.